The second kappa shape index (κ2) is 11.1. The molecule has 1 heterocycles. The van der Waals surface area contributed by atoms with Crippen molar-refractivity contribution in [1.82, 2.24) is 0 Å². The van der Waals surface area contributed by atoms with Gasteiger partial charge >= 0.3 is 5.97 Å². The SMILES string of the molecule is CCOc1cc(/C=C2\N=C(c3cc(I)ccc3Cl)OC2=O)cc(Br)c1OCc1cccc(Cl)c1. The highest BCUT2D eigenvalue weighted by Crippen LogP contribution is 2.38. The maximum atomic E-state index is 12.5. The number of esters is 1. The largest absolute Gasteiger partial charge is 0.490 e. The Morgan fingerprint density at radius 2 is 1.94 bits per heavy atom. The molecule has 0 unspecified atom stereocenters. The molecule has 3 aromatic rings. The Morgan fingerprint density at radius 3 is 2.71 bits per heavy atom. The van der Waals surface area contributed by atoms with Crippen LogP contribution in [0.15, 0.2) is 69.8 Å². The third-order valence-electron chi connectivity index (χ3n) is 4.69. The van der Waals surface area contributed by atoms with E-state index < -0.39 is 5.97 Å². The van der Waals surface area contributed by atoms with Crippen LogP contribution < -0.4 is 9.47 Å². The Bertz CT molecular complexity index is 1330. The molecule has 34 heavy (non-hydrogen) atoms. The molecule has 1 aliphatic heterocycles. The highest BCUT2D eigenvalue weighted by Gasteiger charge is 2.26. The Hall–Kier alpha value is -2.07. The second-order valence-corrected chi connectivity index (χ2v) is 10.1. The highest BCUT2D eigenvalue weighted by molar-refractivity contribution is 14.1. The van der Waals surface area contributed by atoms with Crippen molar-refractivity contribution in [3.63, 3.8) is 0 Å². The molecule has 3 aromatic carbocycles. The van der Waals surface area contributed by atoms with Gasteiger partial charge in [-0.2, -0.15) is 0 Å². The van der Waals surface area contributed by atoms with E-state index in [1.807, 2.05) is 49.4 Å². The average Bonchev–Trinajstić information content (AvgIpc) is 3.15. The summed E-state index contributed by atoms with van der Waals surface area (Å²) in [6.45, 7) is 2.64. The molecule has 0 atom stereocenters. The number of ether oxygens (including phenoxy) is 3. The first-order valence-electron chi connectivity index (χ1n) is 10.2. The van der Waals surface area contributed by atoms with E-state index in [-0.39, 0.29) is 11.6 Å². The summed E-state index contributed by atoms with van der Waals surface area (Å²) in [5.41, 5.74) is 2.34. The summed E-state index contributed by atoms with van der Waals surface area (Å²) in [5.74, 6) is 0.695. The number of nitrogens with zero attached hydrogens (tertiary/aromatic N) is 1. The van der Waals surface area contributed by atoms with Crippen molar-refractivity contribution >= 4 is 79.7 Å². The van der Waals surface area contributed by atoms with Gasteiger partial charge in [0.05, 0.1) is 21.7 Å². The van der Waals surface area contributed by atoms with Crippen LogP contribution in [-0.4, -0.2) is 18.5 Å². The minimum absolute atomic E-state index is 0.159. The van der Waals surface area contributed by atoms with Crippen LogP contribution in [0.4, 0.5) is 0 Å². The summed E-state index contributed by atoms with van der Waals surface area (Å²) >= 11 is 18.1. The van der Waals surface area contributed by atoms with E-state index in [2.05, 4.69) is 43.5 Å². The molecule has 0 amide bonds. The third-order valence-corrected chi connectivity index (χ3v) is 6.51. The van der Waals surface area contributed by atoms with E-state index in [1.165, 1.54) is 0 Å². The summed E-state index contributed by atoms with van der Waals surface area (Å²) in [7, 11) is 0. The minimum atomic E-state index is -0.555. The first-order valence-corrected chi connectivity index (χ1v) is 12.8. The number of benzene rings is 3. The van der Waals surface area contributed by atoms with Crippen LogP contribution in [0.2, 0.25) is 10.0 Å². The standard InChI is InChI=1S/C25H17BrCl2INO4/c1-2-32-22-11-15(9-19(26)23(22)33-13-14-4-3-5-16(27)8-14)10-21-25(31)34-24(30-21)18-12-17(29)6-7-20(18)28/h3-12H,2,13H2,1H3/b21-10-. The molecule has 5 nitrogen and oxygen atoms in total. The molecule has 4 rings (SSSR count). The Labute approximate surface area is 229 Å². The van der Waals surface area contributed by atoms with Crippen LogP contribution in [0.3, 0.4) is 0 Å². The predicted octanol–water partition coefficient (Wildman–Crippen LogP) is 7.68. The van der Waals surface area contributed by atoms with E-state index in [9.17, 15) is 4.79 Å². The molecule has 0 radical (unpaired) electrons. The summed E-state index contributed by atoms with van der Waals surface area (Å²) in [5, 5.41) is 1.10. The first-order chi connectivity index (χ1) is 16.3. The fourth-order valence-corrected chi connectivity index (χ4v) is 4.68. The Kier molecular flexibility index (Phi) is 8.18. The van der Waals surface area contributed by atoms with E-state index in [0.717, 1.165) is 9.13 Å². The molecule has 0 saturated carbocycles. The molecule has 0 bridgehead atoms. The minimum Gasteiger partial charge on any atom is -0.490 e. The summed E-state index contributed by atoms with van der Waals surface area (Å²) in [6, 6.07) is 16.5. The van der Waals surface area contributed by atoms with Crippen molar-refractivity contribution < 1.29 is 19.0 Å². The molecule has 174 valence electrons. The van der Waals surface area contributed by atoms with Gasteiger partial charge in [0, 0.05) is 8.59 Å². The van der Waals surface area contributed by atoms with Crippen molar-refractivity contribution in [2.45, 2.75) is 13.5 Å². The smallest absolute Gasteiger partial charge is 0.363 e. The van der Waals surface area contributed by atoms with Crippen LogP contribution in [0.1, 0.15) is 23.6 Å². The number of hydrogen-bond acceptors (Lipinski definition) is 5. The number of halogens is 4. The van der Waals surface area contributed by atoms with E-state index in [1.54, 1.807) is 18.2 Å². The Balaban J connectivity index is 1.63. The maximum Gasteiger partial charge on any atom is 0.363 e. The number of cyclic esters (lactones) is 1. The lowest BCUT2D eigenvalue weighted by Crippen LogP contribution is -2.06. The fraction of sp³-hybridized carbons (Fsp3) is 0.120. The quantitative estimate of drug-likeness (QED) is 0.147. The van der Waals surface area contributed by atoms with Crippen molar-refractivity contribution in [2.24, 2.45) is 4.99 Å². The van der Waals surface area contributed by atoms with Gasteiger partial charge in [-0.3, -0.25) is 0 Å². The van der Waals surface area contributed by atoms with Gasteiger partial charge in [-0.05, 0) is 105 Å². The highest BCUT2D eigenvalue weighted by atomic mass is 127. The zero-order valence-electron chi connectivity index (χ0n) is 17.8. The molecule has 0 aliphatic carbocycles. The van der Waals surface area contributed by atoms with Crippen molar-refractivity contribution in [1.29, 1.82) is 0 Å². The van der Waals surface area contributed by atoms with Gasteiger partial charge in [-0.25, -0.2) is 9.79 Å². The monoisotopic (exact) mass is 671 g/mol. The molecule has 0 fully saturated rings. The second-order valence-electron chi connectivity index (χ2n) is 7.14. The number of rotatable bonds is 7. The lowest BCUT2D eigenvalue weighted by molar-refractivity contribution is -0.129. The lowest BCUT2D eigenvalue weighted by atomic mass is 10.1. The number of carbonyl (C=O) groups excluding carboxylic acids is 1. The van der Waals surface area contributed by atoms with Gasteiger partial charge in [-0.15, -0.1) is 0 Å². The van der Waals surface area contributed by atoms with Crippen LogP contribution in [0.5, 0.6) is 11.5 Å². The average molecular weight is 673 g/mol. The van der Waals surface area contributed by atoms with Crippen LogP contribution in [0.25, 0.3) is 6.08 Å². The van der Waals surface area contributed by atoms with Gasteiger partial charge in [-0.1, -0.05) is 35.3 Å². The summed E-state index contributed by atoms with van der Waals surface area (Å²) < 4.78 is 18.8. The van der Waals surface area contributed by atoms with Crippen LogP contribution in [0, 0.1) is 3.57 Å². The fourth-order valence-electron chi connectivity index (χ4n) is 3.20. The van der Waals surface area contributed by atoms with Gasteiger partial charge in [0.1, 0.15) is 6.61 Å². The van der Waals surface area contributed by atoms with Crippen LogP contribution in [-0.2, 0) is 16.1 Å². The molecular formula is C25H17BrCl2INO4. The number of aliphatic imine (C=N–C) groups is 1. The molecule has 1 aliphatic rings. The number of hydrogen-bond donors (Lipinski definition) is 0. The molecule has 0 N–H and O–H groups in total. The number of carbonyl (C=O) groups is 1. The first kappa shape index (κ1) is 25.0. The lowest BCUT2D eigenvalue weighted by Gasteiger charge is -2.15. The van der Waals surface area contributed by atoms with E-state index >= 15 is 0 Å². The van der Waals surface area contributed by atoms with E-state index in [0.29, 0.717) is 50.4 Å². The van der Waals surface area contributed by atoms with Gasteiger partial charge in [0.15, 0.2) is 17.2 Å². The van der Waals surface area contributed by atoms with Crippen molar-refractivity contribution in [3.05, 3.63) is 95.1 Å². The van der Waals surface area contributed by atoms with Gasteiger partial charge in [0.2, 0.25) is 5.90 Å². The van der Waals surface area contributed by atoms with Crippen LogP contribution >= 0.6 is 61.7 Å². The van der Waals surface area contributed by atoms with Crippen molar-refractivity contribution in [2.75, 3.05) is 6.61 Å². The topological polar surface area (TPSA) is 57.1 Å². The van der Waals surface area contributed by atoms with Crippen molar-refractivity contribution in [3.8, 4) is 11.5 Å². The normalized spacial score (nSPS) is 14.2. The molecule has 9 heteroatoms. The van der Waals surface area contributed by atoms with Gasteiger partial charge in [0.25, 0.3) is 0 Å². The maximum absolute atomic E-state index is 12.5. The molecule has 0 spiro atoms. The zero-order chi connectivity index (χ0) is 24.2. The summed E-state index contributed by atoms with van der Waals surface area (Å²) in [4.78, 5) is 16.8. The Morgan fingerprint density at radius 1 is 1.12 bits per heavy atom. The molecule has 0 saturated heterocycles. The van der Waals surface area contributed by atoms with Gasteiger partial charge < -0.3 is 14.2 Å². The third kappa shape index (κ3) is 5.94. The summed E-state index contributed by atoms with van der Waals surface area (Å²) in [6.07, 6.45) is 1.63. The predicted molar refractivity (Wildman–Crippen MR) is 146 cm³/mol. The van der Waals surface area contributed by atoms with E-state index in [4.69, 9.17) is 37.4 Å². The molecule has 0 aromatic heterocycles. The molecular weight excluding hydrogens is 656 g/mol. The zero-order valence-corrected chi connectivity index (χ0v) is 23.0.